The molecule has 0 N–H and O–H groups in total. The van der Waals surface area contributed by atoms with Crippen LogP contribution in [0, 0.1) is 11.8 Å². The van der Waals surface area contributed by atoms with Gasteiger partial charge in [-0.25, -0.2) is 0 Å². The van der Waals surface area contributed by atoms with E-state index in [1.807, 2.05) is 0 Å². The van der Waals surface area contributed by atoms with E-state index in [-0.39, 0.29) is 0 Å². The molecule has 2 aromatic carbocycles. The van der Waals surface area contributed by atoms with E-state index in [0.717, 1.165) is 11.8 Å². The van der Waals surface area contributed by atoms with Crippen LogP contribution in [0.25, 0.3) is 11.1 Å². The van der Waals surface area contributed by atoms with Gasteiger partial charge in [-0.15, -0.1) is 0 Å². The van der Waals surface area contributed by atoms with Crippen LogP contribution < -0.4 is 0 Å². The molecule has 1 aliphatic rings. The van der Waals surface area contributed by atoms with Crippen LogP contribution in [0.5, 0.6) is 0 Å². The highest BCUT2D eigenvalue weighted by Crippen LogP contribution is 2.32. The van der Waals surface area contributed by atoms with Gasteiger partial charge in [0.15, 0.2) is 0 Å². The number of aryl methyl sites for hydroxylation is 1. The lowest BCUT2D eigenvalue weighted by atomic mass is 9.80. The van der Waals surface area contributed by atoms with E-state index < -0.39 is 0 Å². The van der Waals surface area contributed by atoms with Crippen molar-refractivity contribution in [3.05, 3.63) is 59.2 Å². The molecule has 0 saturated carbocycles. The summed E-state index contributed by atoms with van der Waals surface area (Å²) in [6, 6.07) is 16.5. The Kier molecular flexibility index (Phi) is 6.34. The molecule has 0 aliphatic heterocycles. The molecule has 0 bridgehead atoms. The Hall–Kier alpha value is -1.56. The van der Waals surface area contributed by atoms with Crippen molar-refractivity contribution in [2.75, 3.05) is 0 Å². The second-order valence-electron chi connectivity index (χ2n) is 8.15. The van der Waals surface area contributed by atoms with Gasteiger partial charge in [0.1, 0.15) is 0 Å². The molecule has 0 fully saturated rings. The molecule has 0 amide bonds. The maximum Gasteiger partial charge on any atom is -0.0181 e. The Morgan fingerprint density at radius 2 is 1.72 bits per heavy atom. The van der Waals surface area contributed by atoms with Gasteiger partial charge in [-0.2, -0.15) is 0 Å². The monoisotopic (exact) mass is 334 g/mol. The first-order valence-electron chi connectivity index (χ1n) is 10.4. The Balaban J connectivity index is 1.70. The van der Waals surface area contributed by atoms with E-state index in [1.165, 1.54) is 68.1 Å². The molecular weight excluding hydrogens is 300 g/mol. The van der Waals surface area contributed by atoms with E-state index in [0.29, 0.717) is 0 Å². The molecule has 25 heavy (non-hydrogen) atoms. The zero-order chi connectivity index (χ0) is 17.6. The largest absolute Gasteiger partial charge is 0.0654 e. The SMILES string of the molecule is CCCCC1CCc2cc(-c3ccc(CC(C)CC)cc3)ccc2C1. The van der Waals surface area contributed by atoms with Crippen molar-refractivity contribution in [3.8, 4) is 11.1 Å². The quantitative estimate of drug-likeness (QED) is 0.500. The van der Waals surface area contributed by atoms with Crippen molar-refractivity contribution in [2.24, 2.45) is 11.8 Å². The van der Waals surface area contributed by atoms with E-state index >= 15 is 0 Å². The number of rotatable bonds is 7. The lowest BCUT2D eigenvalue weighted by Gasteiger charge is -2.25. The van der Waals surface area contributed by atoms with Crippen LogP contribution in [0.2, 0.25) is 0 Å². The molecule has 0 nitrogen and oxygen atoms in total. The zero-order valence-electron chi connectivity index (χ0n) is 16.4. The number of unbranched alkanes of at least 4 members (excludes halogenated alkanes) is 1. The molecule has 2 aromatic rings. The summed E-state index contributed by atoms with van der Waals surface area (Å²) in [5.41, 5.74) is 7.41. The van der Waals surface area contributed by atoms with Gasteiger partial charge < -0.3 is 0 Å². The average Bonchev–Trinajstić information content (AvgIpc) is 2.66. The topological polar surface area (TPSA) is 0 Å². The number of hydrogen-bond acceptors (Lipinski definition) is 0. The van der Waals surface area contributed by atoms with Crippen LogP contribution >= 0.6 is 0 Å². The van der Waals surface area contributed by atoms with Gasteiger partial charge in [-0.1, -0.05) is 88.9 Å². The van der Waals surface area contributed by atoms with E-state index in [1.54, 1.807) is 11.1 Å². The predicted octanol–water partition coefficient (Wildman–Crippen LogP) is 7.24. The van der Waals surface area contributed by atoms with Crippen LogP contribution in [-0.4, -0.2) is 0 Å². The zero-order valence-corrected chi connectivity index (χ0v) is 16.4. The average molecular weight is 335 g/mol. The fourth-order valence-electron chi connectivity index (χ4n) is 4.13. The van der Waals surface area contributed by atoms with Gasteiger partial charge in [0.2, 0.25) is 0 Å². The minimum absolute atomic E-state index is 0.773. The van der Waals surface area contributed by atoms with Crippen LogP contribution in [0.1, 0.15) is 69.6 Å². The lowest BCUT2D eigenvalue weighted by molar-refractivity contribution is 0.413. The highest BCUT2D eigenvalue weighted by molar-refractivity contribution is 5.65. The van der Waals surface area contributed by atoms with E-state index in [4.69, 9.17) is 0 Å². The Morgan fingerprint density at radius 3 is 2.44 bits per heavy atom. The summed E-state index contributed by atoms with van der Waals surface area (Å²) < 4.78 is 0. The van der Waals surface area contributed by atoms with Crippen molar-refractivity contribution in [3.63, 3.8) is 0 Å². The molecule has 0 radical (unpaired) electrons. The van der Waals surface area contributed by atoms with Crippen molar-refractivity contribution in [2.45, 2.75) is 72.1 Å². The second-order valence-corrected chi connectivity index (χ2v) is 8.15. The Labute approximate surface area is 154 Å². The van der Waals surface area contributed by atoms with Crippen molar-refractivity contribution in [1.29, 1.82) is 0 Å². The molecule has 134 valence electrons. The van der Waals surface area contributed by atoms with Crippen molar-refractivity contribution < 1.29 is 0 Å². The van der Waals surface area contributed by atoms with Gasteiger partial charge in [-0.05, 0) is 65.3 Å². The molecule has 3 rings (SSSR count). The third-order valence-corrected chi connectivity index (χ3v) is 6.07. The molecule has 0 heteroatoms. The first-order chi connectivity index (χ1) is 12.2. The molecular formula is C25H34. The maximum atomic E-state index is 2.45. The molecule has 1 aliphatic carbocycles. The summed E-state index contributed by atoms with van der Waals surface area (Å²) in [6.07, 6.45) is 10.5. The normalized spacial score (nSPS) is 18.0. The fourth-order valence-corrected chi connectivity index (χ4v) is 4.13. The number of benzene rings is 2. The summed E-state index contributed by atoms with van der Waals surface area (Å²) in [7, 11) is 0. The molecule has 2 atom stereocenters. The first kappa shape index (κ1) is 18.2. The second kappa shape index (κ2) is 8.70. The van der Waals surface area contributed by atoms with E-state index in [9.17, 15) is 0 Å². The van der Waals surface area contributed by atoms with Crippen molar-refractivity contribution >= 4 is 0 Å². The molecule has 0 heterocycles. The van der Waals surface area contributed by atoms with Gasteiger partial charge in [0, 0.05) is 0 Å². The minimum atomic E-state index is 0.773. The summed E-state index contributed by atoms with van der Waals surface area (Å²) in [5.74, 6) is 1.69. The number of hydrogen-bond donors (Lipinski definition) is 0. The van der Waals surface area contributed by atoms with Crippen LogP contribution in [0.4, 0.5) is 0 Å². The third-order valence-electron chi connectivity index (χ3n) is 6.07. The standard InChI is InChI=1S/C25H34/c1-4-6-7-20-10-13-25-18-24(15-14-23(25)17-20)22-11-8-21(9-12-22)16-19(3)5-2/h8-9,11-12,14-15,18-20H,4-7,10,13,16-17H2,1-3H3. The van der Waals surface area contributed by atoms with Crippen LogP contribution in [-0.2, 0) is 19.3 Å². The summed E-state index contributed by atoms with van der Waals surface area (Å²) in [6.45, 7) is 6.92. The smallest absolute Gasteiger partial charge is 0.0181 e. The maximum absolute atomic E-state index is 2.45. The third kappa shape index (κ3) is 4.75. The highest BCUT2D eigenvalue weighted by atomic mass is 14.2. The van der Waals surface area contributed by atoms with Gasteiger partial charge in [0.25, 0.3) is 0 Å². The number of fused-ring (bicyclic) bond motifs is 1. The lowest BCUT2D eigenvalue weighted by Crippen LogP contribution is -2.14. The molecule has 0 aromatic heterocycles. The fraction of sp³-hybridized carbons (Fsp3) is 0.520. The summed E-state index contributed by atoms with van der Waals surface area (Å²) >= 11 is 0. The Bertz CT molecular complexity index is 665. The van der Waals surface area contributed by atoms with Crippen molar-refractivity contribution in [1.82, 2.24) is 0 Å². The summed E-state index contributed by atoms with van der Waals surface area (Å²) in [5, 5.41) is 0. The predicted molar refractivity (Wildman–Crippen MR) is 110 cm³/mol. The van der Waals surface area contributed by atoms with E-state index in [2.05, 4.69) is 63.2 Å². The highest BCUT2D eigenvalue weighted by Gasteiger charge is 2.18. The van der Waals surface area contributed by atoms with Gasteiger partial charge >= 0.3 is 0 Å². The molecule has 0 saturated heterocycles. The molecule has 0 spiro atoms. The minimum Gasteiger partial charge on any atom is -0.0654 e. The van der Waals surface area contributed by atoms with Gasteiger partial charge in [0.05, 0.1) is 0 Å². The first-order valence-corrected chi connectivity index (χ1v) is 10.4. The van der Waals surface area contributed by atoms with Crippen LogP contribution in [0.15, 0.2) is 42.5 Å². The van der Waals surface area contributed by atoms with Crippen LogP contribution in [0.3, 0.4) is 0 Å². The van der Waals surface area contributed by atoms with Gasteiger partial charge in [-0.3, -0.25) is 0 Å². The summed E-state index contributed by atoms with van der Waals surface area (Å²) in [4.78, 5) is 0. The molecule has 2 unspecified atom stereocenters. The Morgan fingerprint density at radius 1 is 0.960 bits per heavy atom.